The predicted octanol–water partition coefficient (Wildman–Crippen LogP) is 6.52. The molecule has 2 fully saturated rings. The van der Waals surface area contributed by atoms with Crippen LogP contribution in [0.1, 0.15) is 69.9 Å². The minimum absolute atomic E-state index is 0.0569. The summed E-state index contributed by atoms with van der Waals surface area (Å²) in [5, 5.41) is 25.7. The van der Waals surface area contributed by atoms with Crippen molar-refractivity contribution < 1.29 is 10.3 Å². The second-order valence-corrected chi connectivity index (χ2v) is 13.7. The van der Waals surface area contributed by atoms with Gasteiger partial charge in [-0.1, -0.05) is 42.5 Å². The average molecular weight is 565 g/mol. The molecule has 2 N–H and O–H groups in total. The van der Waals surface area contributed by atoms with E-state index in [1.807, 2.05) is 12.1 Å². The minimum Gasteiger partial charge on any atom is -0.428 e. The van der Waals surface area contributed by atoms with Crippen molar-refractivity contribution in [3.05, 3.63) is 72.6 Å². The molecule has 0 radical (unpaired) electrons. The zero-order chi connectivity index (χ0) is 28.3. The minimum atomic E-state index is -1.00. The molecule has 220 valence electrons. The molecule has 0 saturated carbocycles. The van der Waals surface area contributed by atoms with Crippen LogP contribution < -0.4 is 0 Å². The highest BCUT2D eigenvalue weighted by Crippen LogP contribution is 2.62. The summed E-state index contributed by atoms with van der Waals surface area (Å²) < 4.78 is 1.30. The van der Waals surface area contributed by atoms with Gasteiger partial charge in [0.05, 0.1) is 22.9 Å². The van der Waals surface area contributed by atoms with Gasteiger partial charge in [0.2, 0.25) is 0 Å². The van der Waals surface area contributed by atoms with Gasteiger partial charge in [0, 0.05) is 35.1 Å². The molecule has 8 rings (SSSR count). The number of para-hydroxylation sites is 1. The predicted molar refractivity (Wildman–Crippen MR) is 168 cm³/mol. The number of allylic oxidation sites excluding steroid dienone is 4. The van der Waals surface area contributed by atoms with Crippen molar-refractivity contribution in [2.45, 2.75) is 81.9 Å². The maximum absolute atomic E-state index is 13.1. The van der Waals surface area contributed by atoms with Gasteiger partial charge >= 0.3 is 0 Å². The Labute approximate surface area is 249 Å². The smallest absolute Gasteiger partial charge is 0.109 e. The van der Waals surface area contributed by atoms with Crippen LogP contribution in [0.4, 0.5) is 0 Å². The Kier molecular flexibility index (Phi) is 6.58. The zero-order valence-electron chi connectivity index (χ0n) is 24.7. The Bertz CT molecular complexity index is 1540. The summed E-state index contributed by atoms with van der Waals surface area (Å²) in [6, 6.07) is 10.7. The molecule has 2 saturated heterocycles. The molecule has 42 heavy (non-hydrogen) atoms. The number of pyridine rings is 1. The molecular formula is C36H44N4O2. The second kappa shape index (κ2) is 10.4. The van der Waals surface area contributed by atoms with E-state index in [4.69, 9.17) is 4.98 Å². The number of aliphatic hydroxyl groups is 1. The fourth-order valence-corrected chi connectivity index (χ4v) is 9.65. The first-order valence-electron chi connectivity index (χ1n) is 16.4. The lowest BCUT2D eigenvalue weighted by Gasteiger charge is -2.58. The molecule has 6 nitrogen and oxygen atoms in total. The maximum atomic E-state index is 13.1. The number of benzene rings is 1. The van der Waals surface area contributed by atoms with E-state index in [1.54, 1.807) is 6.20 Å². The first-order valence-corrected chi connectivity index (χ1v) is 16.4. The quantitative estimate of drug-likeness (QED) is 0.260. The van der Waals surface area contributed by atoms with Gasteiger partial charge in [0.15, 0.2) is 0 Å². The van der Waals surface area contributed by atoms with Crippen LogP contribution in [0.2, 0.25) is 0 Å². The first kappa shape index (κ1) is 26.7. The summed E-state index contributed by atoms with van der Waals surface area (Å²) in [4.78, 5) is 10.5. The van der Waals surface area contributed by atoms with Crippen LogP contribution in [0.25, 0.3) is 27.7 Å². The first-order chi connectivity index (χ1) is 20.6. The molecule has 1 aromatic carbocycles. The molecular weight excluding hydrogens is 520 g/mol. The number of aromatic nitrogens is 2. The number of hydrogen-bond donors (Lipinski definition) is 2. The lowest BCUT2D eigenvalue weighted by molar-refractivity contribution is -0.0897. The number of piperidine rings is 1. The molecule has 1 aliphatic carbocycles. The van der Waals surface area contributed by atoms with Gasteiger partial charge in [0.1, 0.15) is 5.69 Å². The number of rotatable bonds is 1. The molecule has 3 bridgehead atoms. The molecule has 6 aliphatic heterocycles. The lowest BCUT2D eigenvalue weighted by atomic mass is 9.54. The number of nitrogens with zero attached hydrogens (tertiary/aromatic N) is 4. The normalized spacial score (nSPS) is 37.0. The van der Waals surface area contributed by atoms with Crippen LogP contribution in [0, 0.1) is 11.3 Å². The summed E-state index contributed by atoms with van der Waals surface area (Å²) in [5.41, 5.74) is 3.63. The van der Waals surface area contributed by atoms with Crippen molar-refractivity contribution in [2.24, 2.45) is 11.3 Å². The zero-order valence-corrected chi connectivity index (χ0v) is 24.7. The van der Waals surface area contributed by atoms with Gasteiger partial charge in [0.25, 0.3) is 0 Å². The van der Waals surface area contributed by atoms with Gasteiger partial charge in [-0.3, -0.25) is 4.90 Å². The molecule has 0 aromatic heterocycles. The molecule has 1 aromatic rings. The van der Waals surface area contributed by atoms with E-state index in [1.165, 1.54) is 30.4 Å². The Balaban J connectivity index is 1.35. The molecule has 6 heterocycles. The third-order valence-electron chi connectivity index (χ3n) is 11.3. The molecule has 6 atom stereocenters. The van der Waals surface area contributed by atoms with Gasteiger partial charge < -0.3 is 15.2 Å². The van der Waals surface area contributed by atoms with E-state index in [2.05, 4.69) is 58.4 Å². The highest BCUT2D eigenvalue weighted by molar-refractivity contribution is 6.00. The fraction of sp³-hybridized carbons (Fsp3) is 0.528. The van der Waals surface area contributed by atoms with E-state index in [-0.39, 0.29) is 17.4 Å². The van der Waals surface area contributed by atoms with E-state index in [0.29, 0.717) is 12.5 Å². The SMILES string of the molecule is On1ccc2c3ccccc3nc-2c1C1=C[C@@]2(O)CC/C=C\CCCCN3CC[C@@H]1[C@]1(C[C@@H]4/C=C\CCCCN4C12)C3. The van der Waals surface area contributed by atoms with Gasteiger partial charge in [-0.05, 0) is 114 Å². The van der Waals surface area contributed by atoms with Crippen molar-refractivity contribution in [1.82, 2.24) is 19.5 Å². The van der Waals surface area contributed by atoms with E-state index >= 15 is 0 Å². The highest BCUT2D eigenvalue weighted by atomic mass is 16.5. The van der Waals surface area contributed by atoms with E-state index in [9.17, 15) is 10.3 Å². The van der Waals surface area contributed by atoms with Crippen LogP contribution >= 0.6 is 0 Å². The third kappa shape index (κ3) is 4.13. The van der Waals surface area contributed by atoms with Crippen molar-refractivity contribution in [3.8, 4) is 11.3 Å². The van der Waals surface area contributed by atoms with Crippen LogP contribution in [-0.4, -0.2) is 73.7 Å². The lowest BCUT2D eigenvalue weighted by Crippen LogP contribution is -2.65. The van der Waals surface area contributed by atoms with Gasteiger partial charge in [-0.25, -0.2) is 4.98 Å². The molecule has 6 heteroatoms. The van der Waals surface area contributed by atoms with Crippen LogP contribution in [0.15, 0.2) is 66.9 Å². The summed E-state index contributed by atoms with van der Waals surface area (Å²) in [7, 11) is 0. The Morgan fingerprint density at radius 2 is 1.74 bits per heavy atom. The maximum Gasteiger partial charge on any atom is 0.109 e. The number of hydrogen-bond acceptors (Lipinski definition) is 5. The monoisotopic (exact) mass is 564 g/mol. The summed E-state index contributed by atoms with van der Waals surface area (Å²) >= 11 is 0. The van der Waals surface area contributed by atoms with Crippen molar-refractivity contribution >= 4 is 16.5 Å². The fourth-order valence-electron chi connectivity index (χ4n) is 9.65. The highest BCUT2D eigenvalue weighted by Gasteiger charge is 2.65. The largest absolute Gasteiger partial charge is 0.428 e. The van der Waals surface area contributed by atoms with Gasteiger partial charge in [-0.2, -0.15) is 4.73 Å². The number of fused-ring (bicyclic) bond motifs is 5. The third-order valence-corrected chi connectivity index (χ3v) is 11.3. The van der Waals surface area contributed by atoms with Crippen LogP contribution in [0.3, 0.4) is 0 Å². The van der Waals surface area contributed by atoms with Crippen molar-refractivity contribution in [1.29, 1.82) is 0 Å². The summed E-state index contributed by atoms with van der Waals surface area (Å²) in [6.07, 6.45) is 24.2. The van der Waals surface area contributed by atoms with Crippen LogP contribution in [-0.2, 0) is 0 Å². The topological polar surface area (TPSA) is 64.8 Å². The summed E-state index contributed by atoms with van der Waals surface area (Å²) in [5.74, 6) is 0.241. The summed E-state index contributed by atoms with van der Waals surface area (Å²) in [6.45, 7) is 4.23. The second-order valence-electron chi connectivity index (χ2n) is 13.7. The van der Waals surface area contributed by atoms with Crippen molar-refractivity contribution in [3.63, 3.8) is 0 Å². The Morgan fingerprint density at radius 1 is 0.905 bits per heavy atom. The van der Waals surface area contributed by atoms with Gasteiger partial charge in [-0.15, -0.1) is 0 Å². The molecule has 2 unspecified atom stereocenters. The van der Waals surface area contributed by atoms with Crippen LogP contribution in [0.5, 0.6) is 0 Å². The van der Waals surface area contributed by atoms with Crippen molar-refractivity contribution in [2.75, 3.05) is 26.2 Å². The molecule has 0 amide bonds. The Hall–Kier alpha value is -2.93. The molecule has 7 aliphatic rings. The van der Waals surface area contributed by atoms with E-state index in [0.717, 1.165) is 91.7 Å². The average Bonchev–Trinajstić information content (AvgIpc) is 3.49. The van der Waals surface area contributed by atoms with E-state index < -0.39 is 5.60 Å². The standard InChI is InChI=1S/C36H44N4O2/c41-36-18-10-4-1-2-5-11-19-38-21-17-30(35(25-38)23-26-13-7-3-6-12-20-39(26)34(35)36)29(24-36)33-32-28(16-22-40(33)42)27-14-8-9-15-31(27)37-32/h1,4,7-9,13-16,22,24,26,30,34,41-42H,2-3,5-6,10-12,17-21,23,25H2/b4-1-,13-7-/t26-,30-,34?,35-,36-/m0/s1. The molecule has 1 spiro atoms. The Morgan fingerprint density at radius 3 is 2.67 bits per heavy atom.